The van der Waals surface area contributed by atoms with Crippen LogP contribution < -0.4 is 10.6 Å². The Morgan fingerprint density at radius 3 is 2.35 bits per heavy atom. The molecule has 1 aliphatic carbocycles. The van der Waals surface area contributed by atoms with Gasteiger partial charge in [-0.1, -0.05) is 23.7 Å². The normalized spacial score (nSPS) is 21.3. The molecule has 1 saturated heterocycles. The van der Waals surface area contributed by atoms with Crippen molar-refractivity contribution in [1.82, 2.24) is 4.90 Å². The van der Waals surface area contributed by atoms with Gasteiger partial charge in [0.25, 0.3) is 5.91 Å². The molecule has 34 heavy (non-hydrogen) atoms. The van der Waals surface area contributed by atoms with Gasteiger partial charge in [-0.25, -0.2) is 0 Å². The number of benzene rings is 2. The van der Waals surface area contributed by atoms with E-state index in [-0.39, 0.29) is 17.6 Å². The first-order valence-electron chi connectivity index (χ1n) is 11.8. The van der Waals surface area contributed by atoms with Gasteiger partial charge in [-0.15, -0.1) is 0 Å². The maximum absolute atomic E-state index is 13.2. The third kappa shape index (κ3) is 4.97. The Kier molecular flexibility index (Phi) is 6.85. The monoisotopic (exact) mass is 481 g/mol. The lowest BCUT2D eigenvalue weighted by Gasteiger charge is -2.38. The van der Waals surface area contributed by atoms with Gasteiger partial charge >= 0.3 is 0 Å². The largest absolute Gasteiger partial charge is 0.449 e. The zero-order valence-electron chi connectivity index (χ0n) is 18.9. The Morgan fingerprint density at radius 2 is 1.62 bits per heavy atom. The molecule has 1 aliphatic heterocycles. The number of fused-ring (bicyclic) bond motifs is 1. The first-order valence-corrected chi connectivity index (χ1v) is 12.2. The quantitative estimate of drug-likeness (QED) is 0.525. The van der Waals surface area contributed by atoms with E-state index >= 15 is 0 Å². The fraction of sp³-hybridized carbons (Fsp3) is 0.385. The number of hydrogen-bond acceptors (Lipinski definition) is 5. The zero-order valence-corrected chi connectivity index (χ0v) is 19.6. The van der Waals surface area contributed by atoms with Gasteiger partial charge in [0.1, 0.15) is 11.3 Å². The highest BCUT2D eigenvalue weighted by atomic mass is 35.5. The van der Waals surface area contributed by atoms with Crippen LogP contribution in [0.5, 0.6) is 0 Å². The van der Waals surface area contributed by atoms with E-state index in [0.717, 1.165) is 52.0 Å². The molecule has 2 N–H and O–H groups in total. The zero-order chi connectivity index (χ0) is 23.5. The second-order valence-electron chi connectivity index (χ2n) is 8.91. The van der Waals surface area contributed by atoms with Crippen molar-refractivity contribution in [1.29, 1.82) is 0 Å². The lowest BCUT2D eigenvalue weighted by molar-refractivity contribution is -0.121. The summed E-state index contributed by atoms with van der Waals surface area (Å²) in [5, 5.41) is 7.14. The molecular weight excluding hydrogens is 454 g/mol. The van der Waals surface area contributed by atoms with E-state index in [1.165, 1.54) is 0 Å². The van der Waals surface area contributed by atoms with Gasteiger partial charge in [-0.3, -0.25) is 14.5 Å². The molecule has 2 heterocycles. The summed E-state index contributed by atoms with van der Waals surface area (Å²) in [6.07, 6.45) is 3.65. The van der Waals surface area contributed by atoms with Gasteiger partial charge in [0.05, 0.1) is 13.2 Å². The van der Waals surface area contributed by atoms with Crippen molar-refractivity contribution in [3.05, 3.63) is 59.3 Å². The van der Waals surface area contributed by atoms with Crippen molar-refractivity contribution in [3.63, 3.8) is 0 Å². The van der Waals surface area contributed by atoms with Crippen LogP contribution in [-0.2, 0) is 9.53 Å². The highest BCUT2D eigenvalue weighted by Gasteiger charge is 2.31. The van der Waals surface area contributed by atoms with Gasteiger partial charge in [-0.05, 0) is 62.1 Å². The molecule has 3 aromatic rings. The number of morpholine rings is 1. The summed E-state index contributed by atoms with van der Waals surface area (Å²) < 4.78 is 11.3. The summed E-state index contributed by atoms with van der Waals surface area (Å²) in [5.41, 5.74) is 1.56. The molecule has 0 unspecified atom stereocenters. The summed E-state index contributed by atoms with van der Waals surface area (Å²) in [7, 11) is 0. The van der Waals surface area contributed by atoms with Gasteiger partial charge in [0.2, 0.25) is 11.7 Å². The first-order chi connectivity index (χ1) is 16.6. The number of ether oxygens (including phenoxy) is 1. The van der Waals surface area contributed by atoms with Crippen LogP contribution in [0, 0.1) is 5.92 Å². The fourth-order valence-electron chi connectivity index (χ4n) is 4.92. The van der Waals surface area contributed by atoms with Crippen molar-refractivity contribution >= 4 is 45.8 Å². The highest BCUT2D eigenvalue weighted by Crippen LogP contribution is 2.34. The minimum atomic E-state index is -0.426. The Bertz CT molecular complexity index is 1160. The molecule has 2 aromatic carbocycles. The average Bonchev–Trinajstić information content (AvgIpc) is 3.24. The summed E-state index contributed by atoms with van der Waals surface area (Å²) in [6, 6.07) is 14.7. The number of furan rings is 1. The summed E-state index contributed by atoms with van der Waals surface area (Å²) in [4.78, 5) is 28.8. The van der Waals surface area contributed by atoms with Crippen LogP contribution in [0.2, 0.25) is 5.02 Å². The minimum Gasteiger partial charge on any atom is -0.449 e. The summed E-state index contributed by atoms with van der Waals surface area (Å²) in [6.45, 7) is 3.51. The maximum Gasteiger partial charge on any atom is 0.293 e. The van der Waals surface area contributed by atoms with Crippen molar-refractivity contribution in [2.75, 3.05) is 36.9 Å². The van der Waals surface area contributed by atoms with Crippen LogP contribution in [-0.4, -0.2) is 49.1 Å². The van der Waals surface area contributed by atoms with Crippen LogP contribution >= 0.6 is 11.6 Å². The second kappa shape index (κ2) is 10.2. The van der Waals surface area contributed by atoms with Crippen molar-refractivity contribution in [2.24, 2.45) is 5.92 Å². The number of halogens is 1. The smallest absolute Gasteiger partial charge is 0.293 e. The number of para-hydroxylation sites is 1. The number of anilines is 2. The molecule has 5 rings (SSSR count). The van der Waals surface area contributed by atoms with Crippen LogP contribution in [0.1, 0.15) is 36.2 Å². The molecule has 0 atom stereocenters. The molecule has 0 radical (unpaired) electrons. The van der Waals surface area contributed by atoms with E-state index in [1.807, 2.05) is 18.2 Å². The molecule has 2 aliphatic rings. The van der Waals surface area contributed by atoms with E-state index in [0.29, 0.717) is 33.4 Å². The van der Waals surface area contributed by atoms with Crippen molar-refractivity contribution < 1.29 is 18.7 Å². The first kappa shape index (κ1) is 22.9. The van der Waals surface area contributed by atoms with Gasteiger partial charge in [0.15, 0.2) is 0 Å². The van der Waals surface area contributed by atoms with Crippen LogP contribution in [0.4, 0.5) is 11.4 Å². The van der Waals surface area contributed by atoms with Gasteiger partial charge in [0, 0.05) is 41.1 Å². The Hall–Kier alpha value is -2.87. The molecule has 0 bridgehead atoms. The SMILES string of the molecule is O=C(Nc1ccc(Cl)cc1)c1oc2ccccc2c1NC(=O)C1CCC(N2CCOCC2)CC1. The lowest BCUT2D eigenvalue weighted by Crippen LogP contribution is -2.45. The Balaban J connectivity index is 1.30. The van der Waals surface area contributed by atoms with E-state index < -0.39 is 5.91 Å². The van der Waals surface area contributed by atoms with Crippen molar-refractivity contribution in [3.8, 4) is 0 Å². The highest BCUT2D eigenvalue weighted by molar-refractivity contribution is 6.30. The Morgan fingerprint density at radius 1 is 0.912 bits per heavy atom. The molecule has 1 saturated carbocycles. The number of hydrogen-bond donors (Lipinski definition) is 2. The van der Waals surface area contributed by atoms with E-state index in [4.69, 9.17) is 20.8 Å². The molecule has 2 amide bonds. The molecule has 0 spiro atoms. The number of nitrogens with one attached hydrogen (secondary N) is 2. The van der Waals surface area contributed by atoms with Crippen LogP contribution in [0.3, 0.4) is 0 Å². The summed E-state index contributed by atoms with van der Waals surface area (Å²) >= 11 is 5.94. The molecule has 8 heteroatoms. The maximum atomic E-state index is 13.2. The van der Waals surface area contributed by atoms with E-state index in [9.17, 15) is 9.59 Å². The van der Waals surface area contributed by atoms with Crippen LogP contribution in [0.25, 0.3) is 11.0 Å². The molecule has 7 nitrogen and oxygen atoms in total. The number of rotatable bonds is 5. The van der Waals surface area contributed by atoms with Gasteiger partial charge in [-0.2, -0.15) is 0 Å². The standard InChI is InChI=1S/C26H28ClN3O4/c27-18-7-9-19(10-8-18)28-26(32)24-23(21-3-1-2-4-22(21)34-24)29-25(31)17-5-11-20(12-6-17)30-13-15-33-16-14-30/h1-4,7-10,17,20H,5-6,11-16H2,(H,28,32)(H,29,31). The third-order valence-electron chi connectivity index (χ3n) is 6.78. The van der Waals surface area contributed by atoms with Crippen molar-refractivity contribution in [2.45, 2.75) is 31.7 Å². The number of amides is 2. The predicted molar refractivity (Wildman–Crippen MR) is 132 cm³/mol. The second-order valence-corrected chi connectivity index (χ2v) is 9.34. The molecule has 178 valence electrons. The molecule has 1 aromatic heterocycles. The molecular formula is C26H28ClN3O4. The van der Waals surface area contributed by atoms with Gasteiger partial charge < -0.3 is 19.8 Å². The molecule has 2 fully saturated rings. The summed E-state index contributed by atoms with van der Waals surface area (Å²) in [5.74, 6) is -0.484. The number of nitrogens with zero attached hydrogens (tertiary/aromatic N) is 1. The van der Waals surface area contributed by atoms with Crippen LogP contribution in [0.15, 0.2) is 52.9 Å². The fourth-order valence-corrected chi connectivity index (χ4v) is 5.05. The minimum absolute atomic E-state index is 0.0625. The lowest BCUT2D eigenvalue weighted by atomic mass is 9.84. The van der Waals surface area contributed by atoms with E-state index in [2.05, 4.69) is 15.5 Å². The number of carbonyl (C=O) groups is 2. The average molecular weight is 482 g/mol. The predicted octanol–water partition coefficient (Wildman–Crippen LogP) is 5.17. The van der Waals surface area contributed by atoms with E-state index in [1.54, 1.807) is 30.3 Å². The number of carbonyl (C=O) groups excluding carboxylic acids is 2. The Labute approximate surface area is 203 Å². The topological polar surface area (TPSA) is 83.8 Å². The third-order valence-corrected chi connectivity index (χ3v) is 7.03.